The summed E-state index contributed by atoms with van der Waals surface area (Å²) < 4.78 is 11.1. The van der Waals surface area contributed by atoms with Crippen molar-refractivity contribution < 1.29 is 9.47 Å². The van der Waals surface area contributed by atoms with Crippen molar-refractivity contribution in [3.63, 3.8) is 0 Å². The second-order valence-corrected chi connectivity index (χ2v) is 6.77. The van der Waals surface area contributed by atoms with Crippen LogP contribution >= 0.6 is 24.0 Å². The maximum Gasteiger partial charge on any atom is 0.191 e. The van der Waals surface area contributed by atoms with Crippen LogP contribution in [0.5, 0.6) is 11.5 Å². The molecule has 1 atom stereocenters. The van der Waals surface area contributed by atoms with Crippen LogP contribution in [0.4, 0.5) is 0 Å². The van der Waals surface area contributed by atoms with Crippen molar-refractivity contribution in [2.75, 3.05) is 41.4 Å². The number of aliphatic imine (C=N–C) groups is 1. The third kappa shape index (κ3) is 7.87. The highest BCUT2D eigenvalue weighted by molar-refractivity contribution is 14.0. The third-order valence-electron chi connectivity index (χ3n) is 4.56. The lowest BCUT2D eigenvalue weighted by Gasteiger charge is -2.26. The van der Waals surface area contributed by atoms with Gasteiger partial charge in [-0.2, -0.15) is 0 Å². The monoisotopic (exact) mass is 524 g/mol. The first-order valence-electron chi connectivity index (χ1n) is 9.65. The molecule has 30 heavy (non-hydrogen) atoms. The third-order valence-corrected chi connectivity index (χ3v) is 4.56. The standard InChI is InChI=1S/C23H32N4O2.HI/c1-6-14-29-22-13-8-7-10-19(22)16-25-23(24-2)26-17-21(27(3)4)18-11-9-12-20(15-18)28-5;/h6-13,15,21H,1,14,16-17H2,2-5H3,(H2,24,25,26);1H. The summed E-state index contributed by atoms with van der Waals surface area (Å²) in [6.45, 7) is 5.50. The van der Waals surface area contributed by atoms with E-state index < -0.39 is 0 Å². The molecule has 0 amide bonds. The summed E-state index contributed by atoms with van der Waals surface area (Å²) in [4.78, 5) is 6.52. The summed E-state index contributed by atoms with van der Waals surface area (Å²) in [7, 11) is 7.58. The number of hydrogen-bond acceptors (Lipinski definition) is 4. The van der Waals surface area contributed by atoms with Crippen LogP contribution in [0.15, 0.2) is 66.2 Å². The number of nitrogens with one attached hydrogen (secondary N) is 2. The molecule has 0 heterocycles. The minimum absolute atomic E-state index is 0. The normalized spacial score (nSPS) is 12.0. The number of hydrogen-bond donors (Lipinski definition) is 2. The maximum absolute atomic E-state index is 5.72. The Morgan fingerprint density at radius 2 is 1.93 bits per heavy atom. The van der Waals surface area contributed by atoms with E-state index in [1.165, 1.54) is 5.56 Å². The van der Waals surface area contributed by atoms with Crippen molar-refractivity contribution in [3.8, 4) is 11.5 Å². The molecule has 0 aliphatic heterocycles. The van der Waals surface area contributed by atoms with Gasteiger partial charge in [0.15, 0.2) is 5.96 Å². The average Bonchev–Trinajstić information content (AvgIpc) is 2.75. The fourth-order valence-corrected chi connectivity index (χ4v) is 2.98. The van der Waals surface area contributed by atoms with E-state index in [1.807, 2.05) is 36.4 Å². The molecular formula is C23H33IN4O2. The van der Waals surface area contributed by atoms with Gasteiger partial charge >= 0.3 is 0 Å². The molecule has 0 aliphatic rings. The van der Waals surface area contributed by atoms with Gasteiger partial charge in [-0.1, -0.05) is 43.0 Å². The Labute approximate surface area is 197 Å². The van der Waals surface area contributed by atoms with E-state index in [2.05, 4.69) is 53.3 Å². The van der Waals surface area contributed by atoms with Gasteiger partial charge in [0, 0.05) is 25.7 Å². The molecule has 2 aromatic rings. The van der Waals surface area contributed by atoms with Crippen LogP contribution in [0.3, 0.4) is 0 Å². The Bertz CT molecular complexity index is 811. The van der Waals surface area contributed by atoms with E-state index in [0.29, 0.717) is 19.7 Å². The number of halogens is 1. The quantitative estimate of drug-likeness (QED) is 0.214. The number of methoxy groups -OCH3 is 1. The number of para-hydroxylation sites is 1. The minimum atomic E-state index is 0. The topological polar surface area (TPSA) is 58.1 Å². The van der Waals surface area contributed by atoms with Gasteiger partial charge in [-0.05, 0) is 37.9 Å². The second-order valence-electron chi connectivity index (χ2n) is 6.77. The van der Waals surface area contributed by atoms with Gasteiger partial charge in [-0.15, -0.1) is 24.0 Å². The molecule has 164 valence electrons. The van der Waals surface area contributed by atoms with Crippen LogP contribution in [-0.2, 0) is 6.54 Å². The van der Waals surface area contributed by atoms with Gasteiger partial charge < -0.3 is 25.0 Å². The summed E-state index contributed by atoms with van der Waals surface area (Å²) in [6.07, 6.45) is 1.74. The number of guanidine groups is 1. The van der Waals surface area contributed by atoms with Gasteiger partial charge in [0.2, 0.25) is 0 Å². The predicted molar refractivity (Wildman–Crippen MR) is 135 cm³/mol. The Morgan fingerprint density at radius 3 is 2.60 bits per heavy atom. The molecule has 0 aliphatic carbocycles. The van der Waals surface area contributed by atoms with Gasteiger partial charge in [-0.3, -0.25) is 4.99 Å². The highest BCUT2D eigenvalue weighted by Crippen LogP contribution is 2.22. The smallest absolute Gasteiger partial charge is 0.191 e. The molecule has 2 aromatic carbocycles. The molecule has 6 nitrogen and oxygen atoms in total. The van der Waals surface area contributed by atoms with Crippen LogP contribution in [0.25, 0.3) is 0 Å². The fourth-order valence-electron chi connectivity index (χ4n) is 2.98. The number of nitrogens with zero attached hydrogens (tertiary/aromatic N) is 2. The number of rotatable bonds is 10. The highest BCUT2D eigenvalue weighted by atomic mass is 127. The Hall–Kier alpha value is -2.26. The Morgan fingerprint density at radius 1 is 1.17 bits per heavy atom. The zero-order valence-electron chi connectivity index (χ0n) is 18.2. The first kappa shape index (κ1) is 25.8. The van der Waals surface area contributed by atoms with Crippen molar-refractivity contribution in [1.82, 2.24) is 15.5 Å². The zero-order valence-corrected chi connectivity index (χ0v) is 20.6. The molecule has 0 fully saturated rings. The number of benzene rings is 2. The van der Waals surface area contributed by atoms with Crippen LogP contribution in [-0.4, -0.2) is 52.3 Å². The van der Waals surface area contributed by atoms with Crippen LogP contribution in [0, 0.1) is 0 Å². The van der Waals surface area contributed by atoms with Gasteiger partial charge in [0.05, 0.1) is 13.2 Å². The highest BCUT2D eigenvalue weighted by Gasteiger charge is 2.15. The van der Waals surface area contributed by atoms with E-state index in [0.717, 1.165) is 23.0 Å². The maximum atomic E-state index is 5.72. The molecule has 7 heteroatoms. The molecule has 0 radical (unpaired) electrons. The lowest BCUT2D eigenvalue weighted by molar-refractivity contribution is 0.297. The molecule has 0 spiro atoms. The predicted octanol–water partition coefficient (Wildman–Crippen LogP) is 3.85. The largest absolute Gasteiger partial charge is 0.497 e. The summed E-state index contributed by atoms with van der Waals surface area (Å²) in [5, 5.41) is 6.78. The number of likely N-dealkylation sites (N-methyl/N-ethyl adjacent to an activating group) is 1. The first-order valence-corrected chi connectivity index (χ1v) is 9.65. The lowest BCUT2D eigenvalue weighted by Crippen LogP contribution is -2.41. The van der Waals surface area contributed by atoms with Gasteiger partial charge in [0.1, 0.15) is 18.1 Å². The summed E-state index contributed by atoms with van der Waals surface area (Å²) in [6, 6.07) is 16.3. The first-order chi connectivity index (χ1) is 14.1. The van der Waals surface area contributed by atoms with Gasteiger partial charge in [-0.25, -0.2) is 0 Å². The second kappa shape index (κ2) is 13.9. The van der Waals surface area contributed by atoms with E-state index in [9.17, 15) is 0 Å². The fraction of sp³-hybridized carbons (Fsp3) is 0.348. The summed E-state index contributed by atoms with van der Waals surface area (Å²) in [5.74, 6) is 2.43. The van der Waals surface area contributed by atoms with Crippen LogP contribution in [0.1, 0.15) is 17.2 Å². The summed E-state index contributed by atoms with van der Waals surface area (Å²) >= 11 is 0. The van der Waals surface area contributed by atoms with E-state index >= 15 is 0 Å². The molecule has 0 bridgehead atoms. The average molecular weight is 524 g/mol. The number of ether oxygens (including phenoxy) is 2. The van der Waals surface area contributed by atoms with E-state index in [1.54, 1.807) is 20.2 Å². The Kier molecular flexibility index (Phi) is 11.9. The molecule has 0 aromatic heterocycles. The molecule has 1 unspecified atom stereocenters. The van der Waals surface area contributed by atoms with E-state index in [4.69, 9.17) is 9.47 Å². The van der Waals surface area contributed by atoms with Crippen LogP contribution < -0.4 is 20.1 Å². The van der Waals surface area contributed by atoms with Crippen molar-refractivity contribution in [2.45, 2.75) is 12.6 Å². The molecule has 2 N–H and O–H groups in total. The molecule has 0 saturated carbocycles. The SMILES string of the molecule is C=CCOc1ccccc1CNC(=NC)NCC(c1cccc(OC)c1)N(C)C.I. The molecular weight excluding hydrogens is 491 g/mol. The van der Waals surface area contributed by atoms with Gasteiger partial charge in [0.25, 0.3) is 0 Å². The zero-order chi connectivity index (χ0) is 21.1. The van der Waals surface area contributed by atoms with Crippen molar-refractivity contribution in [3.05, 3.63) is 72.3 Å². The van der Waals surface area contributed by atoms with Crippen LogP contribution in [0.2, 0.25) is 0 Å². The minimum Gasteiger partial charge on any atom is -0.497 e. The van der Waals surface area contributed by atoms with Crippen molar-refractivity contribution >= 4 is 29.9 Å². The Balaban J connectivity index is 0.00000450. The van der Waals surface area contributed by atoms with Crippen molar-refractivity contribution in [2.24, 2.45) is 4.99 Å². The van der Waals surface area contributed by atoms with E-state index in [-0.39, 0.29) is 30.0 Å². The molecule has 0 saturated heterocycles. The summed E-state index contributed by atoms with van der Waals surface area (Å²) in [5.41, 5.74) is 2.25. The molecule has 2 rings (SSSR count). The lowest BCUT2D eigenvalue weighted by atomic mass is 10.1. The van der Waals surface area contributed by atoms with Crippen molar-refractivity contribution in [1.29, 1.82) is 0 Å².